The predicted molar refractivity (Wildman–Crippen MR) is 117 cm³/mol. The van der Waals surface area contributed by atoms with Gasteiger partial charge in [-0.25, -0.2) is 22.8 Å². The third-order valence-corrected chi connectivity index (χ3v) is 7.70. The summed E-state index contributed by atoms with van der Waals surface area (Å²) in [5, 5.41) is 7.41. The number of methoxy groups -OCH3 is 2. The molecule has 3 heterocycles. The summed E-state index contributed by atoms with van der Waals surface area (Å²) in [5.74, 6) is -0.465. The van der Waals surface area contributed by atoms with Crippen LogP contribution in [0.25, 0.3) is 0 Å². The minimum atomic E-state index is -3.95. The number of hydrogen-bond donors (Lipinski definition) is 1. The molecular formula is C20H31FN6O5S. The molecule has 0 radical (unpaired) electrons. The molecular weight excluding hydrogens is 455 g/mol. The predicted octanol–water partition coefficient (Wildman–Crippen LogP) is 2.56. The summed E-state index contributed by atoms with van der Waals surface area (Å²) < 4.78 is 60.5. The van der Waals surface area contributed by atoms with E-state index in [1.54, 1.807) is 18.6 Å². The first kappa shape index (κ1) is 25.4. The highest BCUT2D eigenvalue weighted by Gasteiger charge is 2.35. The van der Waals surface area contributed by atoms with Crippen LogP contribution in [0.2, 0.25) is 0 Å². The Labute approximate surface area is 193 Å². The van der Waals surface area contributed by atoms with Crippen molar-refractivity contribution in [3.8, 4) is 0 Å². The first-order valence-electron chi connectivity index (χ1n) is 10.8. The van der Waals surface area contributed by atoms with Gasteiger partial charge in [-0.2, -0.15) is 0 Å². The van der Waals surface area contributed by atoms with Crippen molar-refractivity contribution in [3.05, 3.63) is 29.9 Å². The second kappa shape index (κ2) is 10.8. The molecule has 1 N–H and O–H groups in total. The fraction of sp³-hybridized carbons (Fsp3) is 0.700. The molecule has 1 saturated heterocycles. The van der Waals surface area contributed by atoms with E-state index in [0.717, 1.165) is 25.2 Å². The summed E-state index contributed by atoms with van der Waals surface area (Å²) in [7, 11) is -0.851. The SMILES string of the molecule is COCCC(OC)n1c(NS(=O)(=O)[C@@H](C)[C@H](C)c2ncc(F)cn2)nnc1[C@@H]1CC[C@H](C)O1. The molecule has 184 valence electrons. The maximum absolute atomic E-state index is 13.2. The van der Waals surface area contributed by atoms with Crippen molar-refractivity contribution in [3.63, 3.8) is 0 Å². The molecule has 1 unspecified atom stereocenters. The van der Waals surface area contributed by atoms with E-state index in [2.05, 4.69) is 24.9 Å². The number of anilines is 1. The number of hydrogen-bond acceptors (Lipinski definition) is 9. The fourth-order valence-electron chi connectivity index (χ4n) is 3.70. The minimum Gasteiger partial charge on any atom is -0.385 e. The maximum atomic E-state index is 13.2. The van der Waals surface area contributed by atoms with Crippen LogP contribution in [0.15, 0.2) is 12.4 Å². The standard InChI is InChI=1S/C20H31FN6O5S/c1-12-6-7-16(32-12)19-24-25-20(27(19)17(31-5)8-9-30-4)26-33(28,29)14(3)13(2)18-22-10-15(21)11-23-18/h10-14,16-17H,6-9H2,1-5H3,(H,25,26)/t12-,13-,14-,16-,17?/m0/s1. The highest BCUT2D eigenvalue weighted by Crippen LogP contribution is 2.35. The van der Waals surface area contributed by atoms with Gasteiger partial charge in [0.2, 0.25) is 16.0 Å². The summed E-state index contributed by atoms with van der Waals surface area (Å²) in [6.45, 7) is 5.56. The van der Waals surface area contributed by atoms with Crippen LogP contribution in [0.1, 0.15) is 69.9 Å². The molecule has 0 saturated carbocycles. The molecule has 0 bridgehead atoms. The molecule has 2 aromatic rings. The Hall–Kier alpha value is -2.22. The lowest BCUT2D eigenvalue weighted by Crippen LogP contribution is -2.32. The average molecular weight is 487 g/mol. The van der Waals surface area contributed by atoms with Crippen molar-refractivity contribution in [1.82, 2.24) is 24.7 Å². The van der Waals surface area contributed by atoms with E-state index in [0.29, 0.717) is 18.9 Å². The Kier molecular flexibility index (Phi) is 8.32. The number of aromatic nitrogens is 5. The molecule has 1 aliphatic rings. The number of halogens is 1. The Bertz CT molecular complexity index is 1020. The summed E-state index contributed by atoms with van der Waals surface area (Å²) in [6.07, 6.45) is 3.24. The van der Waals surface area contributed by atoms with Gasteiger partial charge in [0.25, 0.3) is 0 Å². The summed E-state index contributed by atoms with van der Waals surface area (Å²) in [4.78, 5) is 7.83. The molecule has 0 spiro atoms. The van der Waals surface area contributed by atoms with Crippen molar-refractivity contribution in [2.24, 2.45) is 0 Å². The zero-order valence-corrected chi connectivity index (χ0v) is 20.2. The van der Waals surface area contributed by atoms with Crippen LogP contribution >= 0.6 is 0 Å². The number of nitrogens with one attached hydrogen (secondary N) is 1. The molecule has 0 aliphatic carbocycles. The summed E-state index contributed by atoms with van der Waals surface area (Å²) in [6, 6.07) is 0. The number of ether oxygens (including phenoxy) is 3. The van der Waals surface area contributed by atoms with Gasteiger partial charge in [0.1, 0.15) is 18.2 Å². The van der Waals surface area contributed by atoms with Gasteiger partial charge in [-0.1, -0.05) is 6.92 Å². The first-order valence-corrected chi connectivity index (χ1v) is 12.3. The van der Waals surface area contributed by atoms with Gasteiger partial charge in [-0.3, -0.25) is 9.29 Å². The van der Waals surface area contributed by atoms with E-state index in [1.807, 2.05) is 6.92 Å². The van der Waals surface area contributed by atoms with Crippen LogP contribution in [0.4, 0.5) is 10.3 Å². The highest BCUT2D eigenvalue weighted by atomic mass is 32.2. The second-order valence-electron chi connectivity index (χ2n) is 8.14. The normalized spacial score (nSPS) is 21.6. The molecule has 5 atom stereocenters. The van der Waals surface area contributed by atoms with E-state index in [9.17, 15) is 12.8 Å². The van der Waals surface area contributed by atoms with E-state index in [4.69, 9.17) is 14.2 Å². The molecule has 2 aromatic heterocycles. The van der Waals surface area contributed by atoms with E-state index in [1.165, 1.54) is 14.0 Å². The number of nitrogens with zero attached hydrogens (tertiary/aromatic N) is 5. The first-order chi connectivity index (χ1) is 15.7. The average Bonchev–Trinajstić information content (AvgIpc) is 3.40. The molecule has 3 rings (SSSR count). The van der Waals surface area contributed by atoms with Crippen LogP contribution in [-0.4, -0.2) is 65.3 Å². The molecule has 1 fully saturated rings. The molecule has 11 nitrogen and oxygen atoms in total. The lowest BCUT2D eigenvalue weighted by Gasteiger charge is -2.24. The van der Waals surface area contributed by atoms with Crippen molar-refractivity contribution in [2.75, 3.05) is 25.5 Å². The van der Waals surface area contributed by atoms with Crippen molar-refractivity contribution >= 4 is 16.0 Å². The largest absolute Gasteiger partial charge is 0.385 e. The molecule has 0 aromatic carbocycles. The van der Waals surface area contributed by atoms with Gasteiger partial charge in [-0.05, 0) is 26.7 Å². The topological polar surface area (TPSA) is 130 Å². The van der Waals surface area contributed by atoms with Gasteiger partial charge >= 0.3 is 0 Å². The van der Waals surface area contributed by atoms with Crippen LogP contribution in [0, 0.1) is 5.82 Å². The molecule has 13 heteroatoms. The smallest absolute Gasteiger partial charge is 0.240 e. The summed E-state index contributed by atoms with van der Waals surface area (Å²) >= 11 is 0. The lowest BCUT2D eigenvalue weighted by molar-refractivity contribution is 0.00194. The minimum absolute atomic E-state index is 0.0233. The van der Waals surface area contributed by atoms with Gasteiger partial charge in [0.05, 0.1) is 30.4 Å². The Morgan fingerprint density at radius 2 is 1.94 bits per heavy atom. The van der Waals surface area contributed by atoms with Crippen LogP contribution in [0.5, 0.6) is 0 Å². The Morgan fingerprint density at radius 3 is 2.52 bits per heavy atom. The maximum Gasteiger partial charge on any atom is 0.240 e. The zero-order chi connectivity index (χ0) is 24.2. The molecule has 0 amide bonds. The molecule has 33 heavy (non-hydrogen) atoms. The van der Waals surface area contributed by atoms with Gasteiger partial charge in [0, 0.05) is 26.6 Å². The quantitative estimate of drug-likeness (QED) is 0.509. The third kappa shape index (κ3) is 5.83. The van der Waals surface area contributed by atoms with E-state index < -0.39 is 33.2 Å². The zero-order valence-electron chi connectivity index (χ0n) is 19.4. The van der Waals surface area contributed by atoms with Gasteiger partial charge in [-0.15, -0.1) is 10.2 Å². The van der Waals surface area contributed by atoms with Crippen LogP contribution < -0.4 is 4.72 Å². The second-order valence-corrected chi connectivity index (χ2v) is 10.2. The van der Waals surface area contributed by atoms with Crippen LogP contribution in [0.3, 0.4) is 0 Å². The lowest BCUT2D eigenvalue weighted by atomic mass is 10.1. The van der Waals surface area contributed by atoms with Crippen molar-refractivity contribution in [1.29, 1.82) is 0 Å². The highest BCUT2D eigenvalue weighted by molar-refractivity contribution is 7.93. The Morgan fingerprint density at radius 1 is 1.24 bits per heavy atom. The van der Waals surface area contributed by atoms with E-state index >= 15 is 0 Å². The monoisotopic (exact) mass is 486 g/mol. The van der Waals surface area contributed by atoms with Crippen LogP contribution in [-0.2, 0) is 24.2 Å². The fourth-order valence-corrected chi connectivity index (χ4v) is 4.94. The van der Waals surface area contributed by atoms with Gasteiger partial charge < -0.3 is 14.2 Å². The molecule has 1 aliphatic heterocycles. The number of sulfonamides is 1. The van der Waals surface area contributed by atoms with Crippen molar-refractivity contribution < 1.29 is 27.0 Å². The summed E-state index contributed by atoms with van der Waals surface area (Å²) in [5.41, 5.74) is 0. The number of rotatable bonds is 11. The van der Waals surface area contributed by atoms with Crippen molar-refractivity contribution in [2.45, 2.75) is 69.6 Å². The third-order valence-electron chi connectivity index (χ3n) is 5.85. The van der Waals surface area contributed by atoms with Gasteiger partial charge in [0.15, 0.2) is 11.6 Å². The van der Waals surface area contributed by atoms with E-state index in [-0.39, 0.29) is 24.0 Å². The Balaban J connectivity index is 1.90.